The zero-order valence-corrected chi connectivity index (χ0v) is 15.4. The molecule has 4 atom stereocenters. The smallest absolute Gasteiger partial charge is 0.235 e. The van der Waals surface area contributed by atoms with Crippen molar-refractivity contribution in [3.05, 3.63) is 48.2 Å². The SMILES string of the molecule is COc1cccc(NC(=O)[C@H]2[C@H]3C=C[C@@]4(CN(c5cc(C)on5)C(=O)[C@@H]24)O3)c1. The molecule has 2 saturated heterocycles. The van der Waals surface area contributed by atoms with E-state index in [1.807, 2.05) is 12.2 Å². The van der Waals surface area contributed by atoms with E-state index in [-0.39, 0.29) is 11.8 Å². The summed E-state index contributed by atoms with van der Waals surface area (Å²) in [4.78, 5) is 27.8. The van der Waals surface area contributed by atoms with Crippen LogP contribution in [0.4, 0.5) is 11.5 Å². The third-order valence-corrected chi connectivity index (χ3v) is 5.63. The summed E-state index contributed by atoms with van der Waals surface area (Å²) in [5.41, 5.74) is -0.190. The molecule has 2 aromatic rings. The monoisotopic (exact) mass is 381 g/mol. The maximum Gasteiger partial charge on any atom is 0.235 e. The van der Waals surface area contributed by atoms with Gasteiger partial charge in [-0.15, -0.1) is 0 Å². The first-order valence-corrected chi connectivity index (χ1v) is 9.07. The first kappa shape index (κ1) is 17.0. The number of nitrogens with one attached hydrogen (secondary N) is 1. The second kappa shape index (κ2) is 5.93. The van der Waals surface area contributed by atoms with Crippen molar-refractivity contribution in [2.45, 2.75) is 18.6 Å². The van der Waals surface area contributed by atoms with E-state index in [0.717, 1.165) is 0 Å². The number of benzene rings is 1. The summed E-state index contributed by atoms with van der Waals surface area (Å²) in [5.74, 6) is 0.0748. The van der Waals surface area contributed by atoms with E-state index in [4.69, 9.17) is 14.0 Å². The minimum Gasteiger partial charge on any atom is -0.497 e. The number of carbonyl (C=O) groups is 2. The van der Waals surface area contributed by atoms with Crippen LogP contribution in [0, 0.1) is 18.8 Å². The van der Waals surface area contributed by atoms with Crippen molar-refractivity contribution < 1.29 is 23.6 Å². The summed E-state index contributed by atoms with van der Waals surface area (Å²) in [6, 6.07) is 8.81. The molecule has 1 aromatic carbocycles. The van der Waals surface area contributed by atoms with Gasteiger partial charge in [0.2, 0.25) is 11.8 Å². The van der Waals surface area contributed by atoms with Gasteiger partial charge in [0.1, 0.15) is 17.1 Å². The third kappa shape index (κ3) is 2.37. The summed E-state index contributed by atoms with van der Waals surface area (Å²) in [5, 5.41) is 6.84. The van der Waals surface area contributed by atoms with E-state index in [1.165, 1.54) is 0 Å². The standard InChI is InChI=1S/C20H19N3O5/c1-11-8-15(22-28-11)23-10-20-7-6-14(27-20)16(17(20)19(23)25)18(24)21-12-4-3-5-13(9-12)26-2/h3-9,14,16-17H,10H2,1-2H3,(H,21,24)/t14-,16+,17-,20+/m1/s1. The van der Waals surface area contributed by atoms with Gasteiger partial charge in [0.15, 0.2) is 5.82 Å². The zero-order chi connectivity index (χ0) is 19.5. The van der Waals surface area contributed by atoms with Crippen LogP contribution in [0.5, 0.6) is 5.75 Å². The number of nitrogens with zero attached hydrogens (tertiary/aromatic N) is 2. The predicted octanol–water partition coefficient (Wildman–Crippen LogP) is 1.92. The van der Waals surface area contributed by atoms with Crippen molar-refractivity contribution in [3.8, 4) is 5.75 Å². The number of aryl methyl sites for hydroxylation is 1. The van der Waals surface area contributed by atoms with Crippen LogP contribution in [0.2, 0.25) is 0 Å². The first-order chi connectivity index (χ1) is 13.5. The number of amides is 2. The first-order valence-electron chi connectivity index (χ1n) is 9.07. The number of carbonyl (C=O) groups excluding carboxylic acids is 2. The van der Waals surface area contributed by atoms with Crippen LogP contribution in [0.25, 0.3) is 0 Å². The van der Waals surface area contributed by atoms with Crippen molar-refractivity contribution >= 4 is 23.3 Å². The quantitative estimate of drug-likeness (QED) is 0.814. The largest absolute Gasteiger partial charge is 0.497 e. The van der Waals surface area contributed by atoms with Gasteiger partial charge in [0, 0.05) is 17.8 Å². The average molecular weight is 381 g/mol. The summed E-state index contributed by atoms with van der Waals surface area (Å²) < 4.78 is 16.4. The van der Waals surface area contributed by atoms with Crippen LogP contribution < -0.4 is 15.0 Å². The maximum atomic E-state index is 13.2. The highest BCUT2D eigenvalue weighted by Crippen LogP contribution is 2.52. The van der Waals surface area contributed by atoms with Crippen molar-refractivity contribution in [2.75, 3.05) is 23.9 Å². The molecular weight excluding hydrogens is 362 g/mol. The van der Waals surface area contributed by atoms with E-state index in [2.05, 4.69) is 10.5 Å². The molecule has 1 aromatic heterocycles. The Labute approximate surface area is 161 Å². The van der Waals surface area contributed by atoms with E-state index >= 15 is 0 Å². The molecule has 4 heterocycles. The molecule has 0 aliphatic carbocycles. The second-order valence-electron chi connectivity index (χ2n) is 7.34. The molecule has 3 aliphatic rings. The van der Waals surface area contributed by atoms with Gasteiger partial charge in [-0.3, -0.25) is 14.5 Å². The minimum absolute atomic E-state index is 0.175. The Morgan fingerprint density at radius 1 is 1.39 bits per heavy atom. The summed E-state index contributed by atoms with van der Waals surface area (Å²) in [6.07, 6.45) is 3.36. The Bertz CT molecular complexity index is 999. The normalized spacial score (nSPS) is 30.0. The van der Waals surface area contributed by atoms with Crippen LogP contribution in [-0.4, -0.2) is 42.3 Å². The molecule has 144 valence electrons. The Morgan fingerprint density at radius 2 is 2.25 bits per heavy atom. The minimum atomic E-state index is -0.801. The number of methoxy groups -OCH3 is 1. The molecule has 0 radical (unpaired) electrons. The second-order valence-corrected chi connectivity index (χ2v) is 7.34. The van der Waals surface area contributed by atoms with Crippen molar-refractivity contribution in [1.29, 1.82) is 0 Å². The number of rotatable bonds is 4. The molecule has 3 aliphatic heterocycles. The van der Waals surface area contributed by atoms with Crippen molar-refractivity contribution in [3.63, 3.8) is 0 Å². The highest BCUT2D eigenvalue weighted by atomic mass is 16.5. The fourth-order valence-electron chi connectivity index (χ4n) is 4.40. The van der Waals surface area contributed by atoms with Crippen LogP contribution in [0.3, 0.4) is 0 Å². The third-order valence-electron chi connectivity index (χ3n) is 5.63. The van der Waals surface area contributed by atoms with E-state index in [1.54, 1.807) is 49.3 Å². The van der Waals surface area contributed by atoms with Gasteiger partial charge in [0.05, 0.1) is 31.6 Å². The summed E-state index contributed by atoms with van der Waals surface area (Å²) >= 11 is 0. The summed E-state index contributed by atoms with van der Waals surface area (Å²) in [7, 11) is 1.57. The number of aromatic nitrogens is 1. The van der Waals surface area contributed by atoms with Crippen LogP contribution >= 0.6 is 0 Å². The summed E-state index contributed by atoms with van der Waals surface area (Å²) in [6.45, 7) is 2.08. The molecule has 2 amide bonds. The van der Waals surface area contributed by atoms with Crippen LogP contribution in [0.1, 0.15) is 5.76 Å². The number of hydrogen-bond acceptors (Lipinski definition) is 6. The van der Waals surface area contributed by atoms with Crippen LogP contribution in [0.15, 0.2) is 47.0 Å². The van der Waals surface area contributed by atoms with Gasteiger partial charge >= 0.3 is 0 Å². The molecule has 28 heavy (non-hydrogen) atoms. The van der Waals surface area contributed by atoms with E-state index in [9.17, 15) is 9.59 Å². The molecule has 8 heteroatoms. The van der Waals surface area contributed by atoms with Crippen LogP contribution in [-0.2, 0) is 14.3 Å². The van der Waals surface area contributed by atoms with Gasteiger partial charge in [-0.25, -0.2) is 0 Å². The van der Waals surface area contributed by atoms with Gasteiger partial charge < -0.3 is 19.3 Å². The number of ether oxygens (including phenoxy) is 2. The lowest BCUT2D eigenvalue weighted by atomic mass is 9.77. The van der Waals surface area contributed by atoms with E-state index < -0.39 is 23.5 Å². The maximum absolute atomic E-state index is 13.2. The highest BCUT2D eigenvalue weighted by molar-refractivity contribution is 6.05. The molecule has 2 bridgehead atoms. The Morgan fingerprint density at radius 3 is 3.00 bits per heavy atom. The van der Waals surface area contributed by atoms with Gasteiger partial charge in [0.25, 0.3) is 0 Å². The molecule has 1 spiro atoms. The van der Waals surface area contributed by atoms with E-state index in [0.29, 0.717) is 29.6 Å². The fourth-order valence-corrected chi connectivity index (χ4v) is 4.40. The van der Waals surface area contributed by atoms with Gasteiger partial charge in [-0.2, -0.15) is 0 Å². The Balaban J connectivity index is 1.42. The number of hydrogen-bond donors (Lipinski definition) is 1. The lowest BCUT2D eigenvalue weighted by Crippen LogP contribution is -2.41. The zero-order valence-electron chi connectivity index (χ0n) is 15.4. The molecular formula is C20H19N3O5. The van der Waals surface area contributed by atoms with Crippen molar-refractivity contribution in [1.82, 2.24) is 5.16 Å². The topological polar surface area (TPSA) is 93.9 Å². The molecule has 1 N–H and O–H groups in total. The lowest BCUT2D eigenvalue weighted by Gasteiger charge is -2.23. The average Bonchev–Trinajstić information content (AvgIpc) is 3.43. The molecule has 5 rings (SSSR count). The van der Waals surface area contributed by atoms with Gasteiger partial charge in [-0.1, -0.05) is 23.4 Å². The highest BCUT2D eigenvalue weighted by Gasteiger charge is 2.67. The Kier molecular flexibility index (Phi) is 3.60. The predicted molar refractivity (Wildman–Crippen MR) is 98.9 cm³/mol. The Hall–Kier alpha value is -3.13. The van der Waals surface area contributed by atoms with Gasteiger partial charge in [-0.05, 0) is 19.1 Å². The number of anilines is 2. The lowest BCUT2D eigenvalue weighted by molar-refractivity contribution is -0.128. The molecule has 8 nitrogen and oxygen atoms in total. The molecule has 0 unspecified atom stereocenters. The molecule has 0 saturated carbocycles. The fraction of sp³-hybridized carbons (Fsp3) is 0.350. The van der Waals surface area contributed by atoms with Crippen molar-refractivity contribution in [2.24, 2.45) is 11.8 Å². The molecule has 2 fully saturated rings. The number of fused-ring (bicyclic) bond motifs is 1.